The molecule has 0 atom stereocenters. The summed E-state index contributed by atoms with van der Waals surface area (Å²) in [5, 5.41) is 18.0. The number of hydrogen-bond donors (Lipinski definition) is 2. The third-order valence-electron chi connectivity index (χ3n) is 2.50. The SMILES string of the molecule is C=CCC(CC=C)(OO)OOC(CC=C)(CC=C)OO. The third-order valence-corrected chi connectivity index (χ3v) is 2.50. The molecule has 6 heteroatoms. The van der Waals surface area contributed by atoms with Gasteiger partial charge in [-0.15, -0.1) is 26.3 Å². The molecular formula is C14H22O6. The monoisotopic (exact) mass is 286 g/mol. The van der Waals surface area contributed by atoms with Crippen LogP contribution in [0.15, 0.2) is 50.6 Å². The molecule has 0 bridgehead atoms. The van der Waals surface area contributed by atoms with Crippen molar-refractivity contribution in [2.24, 2.45) is 0 Å². The molecule has 0 aromatic carbocycles. The highest BCUT2D eigenvalue weighted by atomic mass is 17.3. The Labute approximate surface area is 119 Å². The summed E-state index contributed by atoms with van der Waals surface area (Å²) in [4.78, 5) is 18.9. The zero-order chi connectivity index (χ0) is 15.5. The molecule has 0 aromatic rings. The summed E-state index contributed by atoms with van der Waals surface area (Å²) in [6.45, 7) is 14.2. The molecule has 0 saturated heterocycles. The summed E-state index contributed by atoms with van der Waals surface area (Å²) in [5.41, 5.74) is 0. The van der Waals surface area contributed by atoms with Gasteiger partial charge in [0.2, 0.25) is 11.6 Å². The predicted octanol–water partition coefficient (Wildman–Crippen LogP) is 3.61. The maximum absolute atomic E-state index is 9.02. The Morgan fingerprint density at radius 1 is 0.650 bits per heavy atom. The molecule has 0 aliphatic carbocycles. The van der Waals surface area contributed by atoms with Crippen molar-refractivity contribution in [1.82, 2.24) is 0 Å². The molecule has 0 aliphatic heterocycles. The van der Waals surface area contributed by atoms with Gasteiger partial charge in [0.25, 0.3) is 0 Å². The lowest BCUT2D eigenvalue weighted by Gasteiger charge is -2.33. The molecular weight excluding hydrogens is 264 g/mol. The normalized spacial score (nSPS) is 11.9. The first-order valence-corrected chi connectivity index (χ1v) is 6.03. The molecule has 6 nitrogen and oxygen atoms in total. The molecule has 0 rings (SSSR count). The summed E-state index contributed by atoms with van der Waals surface area (Å²) >= 11 is 0. The molecule has 0 aliphatic rings. The smallest absolute Gasteiger partial charge is 0.240 e. The summed E-state index contributed by atoms with van der Waals surface area (Å²) in [6.07, 6.45) is 6.41. The molecule has 0 amide bonds. The first-order chi connectivity index (χ1) is 9.57. The first-order valence-electron chi connectivity index (χ1n) is 6.03. The van der Waals surface area contributed by atoms with Crippen LogP contribution in [0.5, 0.6) is 0 Å². The second kappa shape index (κ2) is 9.60. The van der Waals surface area contributed by atoms with Crippen LogP contribution in [0, 0.1) is 0 Å². The van der Waals surface area contributed by atoms with Crippen molar-refractivity contribution in [2.75, 3.05) is 0 Å². The van der Waals surface area contributed by atoms with Crippen LogP contribution in [0.1, 0.15) is 25.7 Å². The summed E-state index contributed by atoms with van der Waals surface area (Å²) in [6, 6.07) is 0. The first kappa shape index (κ1) is 18.7. The lowest BCUT2D eigenvalue weighted by Crippen LogP contribution is -2.41. The van der Waals surface area contributed by atoms with E-state index < -0.39 is 11.6 Å². The average molecular weight is 286 g/mol. The lowest BCUT2D eigenvalue weighted by molar-refractivity contribution is -0.569. The molecule has 0 saturated carbocycles. The topological polar surface area (TPSA) is 77.4 Å². The number of rotatable bonds is 13. The predicted molar refractivity (Wildman–Crippen MR) is 74.3 cm³/mol. The summed E-state index contributed by atoms with van der Waals surface area (Å²) < 4.78 is 0. The van der Waals surface area contributed by atoms with Gasteiger partial charge in [0, 0.05) is 25.7 Å². The van der Waals surface area contributed by atoms with Crippen molar-refractivity contribution in [3.63, 3.8) is 0 Å². The molecule has 0 heterocycles. The van der Waals surface area contributed by atoms with Crippen LogP contribution in [0.4, 0.5) is 0 Å². The highest BCUT2D eigenvalue weighted by molar-refractivity contribution is 4.88. The van der Waals surface area contributed by atoms with Crippen LogP contribution >= 0.6 is 0 Å². The fourth-order valence-electron chi connectivity index (χ4n) is 1.51. The van der Waals surface area contributed by atoms with E-state index in [2.05, 4.69) is 36.1 Å². The quantitative estimate of drug-likeness (QED) is 0.233. The van der Waals surface area contributed by atoms with Crippen molar-refractivity contribution in [3.05, 3.63) is 50.6 Å². The van der Waals surface area contributed by atoms with Gasteiger partial charge >= 0.3 is 0 Å². The summed E-state index contributed by atoms with van der Waals surface area (Å²) in [7, 11) is 0. The maximum Gasteiger partial charge on any atom is 0.240 e. The minimum absolute atomic E-state index is 0.124. The van der Waals surface area contributed by atoms with Crippen molar-refractivity contribution in [2.45, 2.75) is 37.3 Å². The van der Waals surface area contributed by atoms with Gasteiger partial charge in [-0.25, -0.2) is 10.5 Å². The van der Waals surface area contributed by atoms with Crippen LogP contribution in [0.25, 0.3) is 0 Å². The zero-order valence-corrected chi connectivity index (χ0v) is 11.5. The van der Waals surface area contributed by atoms with E-state index in [1.165, 1.54) is 24.3 Å². The van der Waals surface area contributed by atoms with Crippen LogP contribution in [-0.2, 0) is 19.6 Å². The van der Waals surface area contributed by atoms with E-state index in [4.69, 9.17) is 20.3 Å². The Bertz CT molecular complexity index is 274. The van der Waals surface area contributed by atoms with Crippen LogP contribution in [0.2, 0.25) is 0 Å². The average Bonchev–Trinajstić information content (AvgIpc) is 2.45. The van der Waals surface area contributed by atoms with Crippen molar-refractivity contribution >= 4 is 0 Å². The van der Waals surface area contributed by atoms with Gasteiger partial charge in [-0.2, -0.15) is 19.6 Å². The number of hydrogen-bond acceptors (Lipinski definition) is 6. The highest BCUT2D eigenvalue weighted by Gasteiger charge is 2.39. The minimum Gasteiger partial charge on any atom is -0.249 e. The Kier molecular flexibility index (Phi) is 8.98. The molecule has 0 unspecified atom stereocenters. The second-order valence-electron chi connectivity index (χ2n) is 4.14. The molecule has 2 N–H and O–H groups in total. The highest BCUT2D eigenvalue weighted by Crippen LogP contribution is 2.30. The van der Waals surface area contributed by atoms with E-state index in [1.807, 2.05) is 0 Å². The largest absolute Gasteiger partial charge is 0.249 e. The van der Waals surface area contributed by atoms with Crippen molar-refractivity contribution in [3.8, 4) is 0 Å². The van der Waals surface area contributed by atoms with Crippen LogP contribution in [0.3, 0.4) is 0 Å². The molecule has 0 aromatic heterocycles. The second-order valence-corrected chi connectivity index (χ2v) is 4.14. The van der Waals surface area contributed by atoms with Gasteiger partial charge in [-0.05, 0) is 0 Å². The molecule has 0 spiro atoms. The van der Waals surface area contributed by atoms with Crippen LogP contribution < -0.4 is 0 Å². The van der Waals surface area contributed by atoms with E-state index in [0.717, 1.165) is 0 Å². The van der Waals surface area contributed by atoms with E-state index >= 15 is 0 Å². The Hall–Kier alpha value is -1.28. The van der Waals surface area contributed by atoms with Gasteiger partial charge in [0.1, 0.15) is 0 Å². The van der Waals surface area contributed by atoms with Gasteiger partial charge in [-0.3, -0.25) is 0 Å². The lowest BCUT2D eigenvalue weighted by atomic mass is 10.1. The Morgan fingerprint density at radius 3 is 1.05 bits per heavy atom. The van der Waals surface area contributed by atoms with Crippen molar-refractivity contribution < 1.29 is 30.1 Å². The fraction of sp³-hybridized carbons (Fsp3) is 0.429. The van der Waals surface area contributed by atoms with E-state index in [0.29, 0.717) is 0 Å². The van der Waals surface area contributed by atoms with Crippen molar-refractivity contribution in [1.29, 1.82) is 0 Å². The standard InChI is InChI=1S/C14H22O6/c1-5-9-13(17-15,10-6-2)19-20-14(18-16,11-7-3)12-8-4/h5-8,15-16H,1-4,9-12H2. The van der Waals surface area contributed by atoms with E-state index in [9.17, 15) is 0 Å². The van der Waals surface area contributed by atoms with Gasteiger partial charge < -0.3 is 0 Å². The summed E-state index contributed by atoms with van der Waals surface area (Å²) in [5.74, 6) is -3.04. The Morgan fingerprint density at radius 2 is 0.900 bits per heavy atom. The van der Waals surface area contributed by atoms with Crippen LogP contribution in [-0.4, -0.2) is 22.1 Å². The van der Waals surface area contributed by atoms with E-state index in [-0.39, 0.29) is 25.7 Å². The third kappa shape index (κ3) is 5.38. The van der Waals surface area contributed by atoms with Gasteiger partial charge in [0.05, 0.1) is 0 Å². The maximum atomic E-state index is 9.02. The van der Waals surface area contributed by atoms with Gasteiger partial charge in [0.15, 0.2) is 0 Å². The fourth-order valence-corrected chi connectivity index (χ4v) is 1.51. The zero-order valence-electron chi connectivity index (χ0n) is 11.5. The Balaban J connectivity index is 5.00. The molecule has 0 radical (unpaired) electrons. The van der Waals surface area contributed by atoms with E-state index in [1.54, 1.807) is 0 Å². The van der Waals surface area contributed by atoms with Gasteiger partial charge in [-0.1, -0.05) is 24.3 Å². The molecule has 20 heavy (non-hydrogen) atoms. The minimum atomic E-state index is -1.52. The molecule has 0 fully saturated rings. The molecule has 114 valence electrons.